The average molecular weight is 254 g/mol. The number of rotatable bonds is 6. The molecule has 0 heterocycles. The van der Waals surface area contributed by atoms with Gasteiger partial charge in [0.25, 0.3) is 0 Å². The molecule has 0 amide bonds. The zero-order valence-corrected chi connectivity index (χ0v) is 11.1. The van der Waals surface area contributed by atoms with Crippen molar-refractivity contribution >= 4 is 6.29 Å². The highest BCUT2D eigenvalue weighted by Gasteiger charge is 1.97. The predicted molar refractivity (Wildman–Crippen MR) is 76.6 cm³/mol. The number of carbonyl (C=O) groups excluding carboxylic acids is 1. The number of hydrogen-bond acceptors (Lipinski definition) is 2. The first-order valence-corrected chi connectivity index (χ1v) is 6.57. The van der Waals surface area contributed by atoms with Gasteiger partial charge in [-0.1, -0.05) is 37.6 Å². The van der Waals surface area contributed by atoms with E-state index in [0.29, 0.717) is 12.2 Å². The maximum absolute atomic E-state index is 10.5. The van der Waals surface area contributed by atoms with Gasteiger partial charge in [0.15, 0.2) is 0 Å². The second-order valence-corrected chi connectivity index (χ2v) is 4.54. The van der Waals surface area contributed by atoms with Gasteiger partial charge in [0.2, 0.25) is 0 Å². The zero-order valence-electron chi connectivity index (χ0n) is 11.1. The summed E-state index contributed by atoms with van der Waals surface area (Å²) in [6, 6.07) is 15.6. The van der Waals surface area contributed by atoms with Crippen LogP contribution in [0.15, 0.2) is 48.5 Å². The van der Waals surface area contributed by atoms with Gasteiger partial charge < -0.3 is 4.74 Å². The molecule has 0 saturated carbocycles. The highest BCUT2D eigenvalue weighted by Crippen LogP contribution is 2.14. The molecule has 0 aliphatic carbocycles. The molecule has 2 aromatic carbocycles. The number of benzene rings is 2. The third kappa shape index (κ3) is 3.95. The molecule has 0 aliphatic heterocycles. The molecule has 0 atom stereocenters. The minimum atomic E-state index is 0.548. The molecule has 2 heteroatoms. The number of ether oxygens (including phenoxy) is 1. The van der Waals surface area contributed by atoms with E-state index >= 15 is 0 Å². The first kappa shape index (κ1) is 13.3. The maximum Gasteiger partial charge on any atom is 0.150 e. The van der Waals surface area contributed by atoms with Crippen LogP contribution in [-0.4, -0.2) is 6.29 Å². The van der Waals surface area contributed by atoms with Gasteiger partial charge >= 0.3 is 0 Å². The van der Waals surface area contributed by atoms with Crippen molar-refractivity contribution in [2.45, 2.75) is 26.4 Å². The van der Waals surface area contributed by atoms with Crippen LogP contribution in [0.1, 0.15) is 34.8 Å². The van der Waals surface area contributed by atoms with Crippen LogP contribution in [0.5, 0.6) is 5.75 Å². The van der Waals surface area contributed by atoms with E-state index in [9.17, 15) is 4.79 Å². The van der Waals surface area contributed by atoms with E-state index in [-0.39, 0.29) is 0 Å². The lowest BCUT2D eigenvalue weighted by Crippen LogP contribution is -1.96. The molecule has 0 radical (unpaired) electrons. The second kappa shape index (κ2) is 6.74. The Balaban J connectivity index is 1.92. The van der Waals surface area contributed by atoms with Crippen molar-refractivity contribution in [3.63, 3.8) is 0 Å². The maximum atomic E-state index is 10.5. The largest absolute Gasteiger partial charge is 0.489 e. The van der Waals surface area contributed by atoms with Gasteiger partial charge in [0.05, 0.1) is 0 Å². The molecular formula is C17H18O2. The third-order valence-electron chi connectivity index (χ3n) is 2.98. The first-order chi connectivity index (χ1) is 9.31. The molecule has 0 spiro atoms. The van der Waals surface area contributed by atoms with E-state index in [1.807, 2.05) is 12.1 Å². The fourth-order valence-electron chi connectivity index (χ4n) is 1.90. The minimum absolute atomic E-state index is 0.548. The fraction of sp³-hybridized carbons (Fsp3) is 0.235. The smallest absolute Gasteiger partial charge is 0.150 e. The Hall–Kier alpha value is -2.09. The highest BCUT2D eigenvalue weighted by atomic mass is 16.5. The van der Waals surface area contributed by atoms with Crippen molar-refractivity contribution in [1.29, 1.82) is 0 Å². The summed E-state index contributed by atoms with van der Waals surface area (Å²) in [4.78, 5) is 10.5. The highest BCUT2D eigenvalue weighted by molar-refractivity contribution is 5.74. The molecule has 0 bridgehead atoms. The quantitative estimate of drug-likeness (QED) is 0.727. The van der Waals surface area contributed by atoms with Crippen molar-refractivity contribution in [1.82, 2.24) is 0 Å². The Morgan fingerprint density at radius 3 is 2.16 bits per heavy atom. The van der Waals surface area contributed by atoms with Crippen molar-refractivity contribution in [3.8, 4) is 5.75 Å². The average Bonchev–Trinajstić information content (AvgIpc) is 2.47. The van der Waals surface area contributed by atoms with Crippen LogP contribution < -0.4 is 4.74 Å². The number of aryl methyl sites for hydroxylation is 1. The van der Waals surface area contributed by atoms with Gasteiger partial charge in [-0.05, 0) is 41.8 Å². The standard InChI is InChI=1S/C17H18O2/c1-2-3-14-4-6-16(7-5-14)13-19-17-10-8-15(12-18)9-11-17/h4-12H,2-3,13H2,1H3. The Bertz CT molecular complexity index is 512. The molecule has 2 nitrogen and oxygen atoms in total. The summed E-state index contributed by atoms with van der Waals surface area (Å²) in [5.74, 6) is 0.781. The summed E-state index contributed by atoms with van der Waals surface area (Å²) in [6.07, 6.45) is 3.11. The molecule has 0 aliphatic rings. The normalized spacial score (nSPS) is 10.2. The SMILES string of the molecule is CCCc1ccc(COc2ccc(C=O)cc2)cc1. The van der Waals surface area contributed by atoms with E-state index in [1.54, 1.807) is 12.1 Å². The van der Waals surface area contributed by atoms with Crippen LogP contribution >= 0.6 is 0 Å². The van der Waals surface area contributed by atoms with Gasteiger partial charge in [-0.25, -0.2) is 0 Å². The zero-order chi connectivity index (χ0) is 13.5. The van der Waals surface area contributed by atoms with E-state index in [0.717, 1.165) is 24.0 Å². The lowest BCUT2D eigenvalue weighted by Gasteiger charge is -2.07. The molecule has 2 aromatic rings. The van der Waals surface area contributed by atoms with Crippen molar-refractivity contribution in [3.05, 3.63) is 65.2 Å². The molecule has 0 unspecified atom stereocenters. The summed E-state index contributed by atoms with van der Waals surface area (Å²) >= 11 is 0. The van der Waals surface area contributed by atoms with Crippen LogP contribution in [0.4, 0.5) is 0 Å². The van der Waals surface area contributed by atoms with E-state index < -0.39 is 0 Å². The van der Waals surface area contributed by atoms with Gasteiger partial charge in [-0.2, -0.15) is 0 Å². The number of aldehydes is 1. The van der Waals surface area contributed by atoms with Crippen LogP contribution in [0.3, 0.4) is 0 Å². The van der Waals surface area contributed by atoms with Crippen molar-refractivity contribution < 1.29 is 9.53 Å². The predicted octanol–water partition coefficient (Wildman–Crippen LogP) is 4.03. The van der Waals surface area contributed by atoms with Crippen LogP contribution in [0.2, 0.25) is 0 Å². The Morgan fingerprint density at radius 1 is 0.947 bits per heavy atom. The van der Waals surface area contributed by atoms with Crippen LogP contribution in [-0.2, 0) is 13.0 Å². The van der Waals surface area contributed by atoms with Crippen molar-refractivity contribution in [2.24, 2.45) is 0 Å². The molecular weight excluding hydrogens is 236 g/mol. The molecule has 0 fully saturated rings. The van der Waals surface area contributed by atoms with E-state index in [4.69, 9.17) is 4.74 Å². The van der Waals surface area contributed by atoms with Gasteiger partial charge in [-0.3, -0.25) is 4.79 Å². The van der Waals surface area contributed by atoms with Crippen LogP contribution in [0, 0.1) is 0 Å². The Labute approximate surface area is 114 Å². The van der Waals surface area contributed by atoms with Gasteiger partial charge in [-0.15, -0.1) is 0 Å². The lowest BCUT2D eigenvalue weighted by molar-refractivity contribution is 0.112. The minimum Gasteiger partial charge on any atom is -0.489 e. The van der Waals surface area contributed by atoms with E-state index in [2.05, 4.69) is 31.2 Å². The third-order valence-corrected chi connectivity index (χ3v) is 2.98. The summed E-state index contributed by atoms with van der Waals surface area (Å²) in [5.41, 5.74) is 3.18. The Morgan fingerprint density at radius 2 is 1.58 bits per heavy atom. The molecule has 98 valence electrons. The van der Waals surface area contributed by atoms with E-state index in [1.165, 1.54) is 12.0 Å². The molecule has 19 heavy (non-hydrogen) atoms. The summed E-state index contributed by atoms with van der Waals surface area (Å²) in [6.45, 7) is 2.73. The van der Waals surface area contributed by atoms with Crippen LogP contribution in [0.25, 0.3) is 0 Å². The molecule has 0 aromatic heterocycles. The molecule has 0 N–H and O–H groups in total. The first-order valence-electron chi connectivity index (χ1n) is 6.57. The fourth-order valence-corrected chi connectivity index (χ4v) is 1.90. The Kier molecular flexibility index (Phi) is 4.73. The summed E-state index contributed by atoms with van der Waals surface area (Å²) in [5, 5.41) is 0. The number of hydrogen-bond donors (Lipinski definition) is 0. The topological polar surface area (TPSA) is 26.3 Å². The molecule has 2 rings (SSSR count). The second-order valence-electron chi connectivity index (χ2n) is 4.54. The monoisotopic (exact) mass is 254 g/mol. The lowest BCUT2D eigenvalue weighted by atomic mass is 10.1. The molecule has 0 saturated heterocycles. The van der Waals surface area contributed by atoms with Crippen molar-refractivity contribution in [2.75, 3.05) is 0 Å². The van der Waals surface area contributed by atoms with Gasteiger partial charge in [0.1, 0.15) is 18.6 Å². The number of carbonyl (C=O) groups is 1. The summed E-state index contributed by atoms with van der Waals surface area (Å²) in [7, 11) is 0. The summed E-state index contributed by atoms with van der Waals surface area (Å²) < 4.78 is 5.68. The van der Waals surface area contributed by atoms with Gasteiger partial charge in [0, 0.05) is 5.56 Å².